The third-order valence-electron chi connectivity index (χ3n) is 13.3. The molecule has 1 saturated carbocycles. The van der Waals surface area contributed by atoms with Crippen molar-refractivity contribution in [2.24, 2.45) is 5.92 Å². The maximum absolute atomic E-state index is 13.7. The van der Waals surface area contributed by atoms with Crippen LogP contribution in [0.3, 0.4) is 0 Å². The number of amides is 10. The number of rotatable bonds is 31. The molecule has 9 N–H and O–H groups in total. The second-order valence-electron chi connectivity index (χ2n) is 22.5. The third-order valence-corrected chi connectivity index (χ3v) is 13.3. The Morgan fingerprint density at radius 1 is 0.733 bits per heavy atom. The molecule has 1 aliphatic heterocycles. The summed E-state index contributed by atoms with van der Waals surface area (Å²) < 4.78 is 5.19. The van der Waals surface area contributed by atoms with Gasteiger partial charge in [0.1, 0.15) is 41.0 Å². The molecule has 3 atom stereocenters. The summed E-state index contributed by atoms with van der Waals surface area (Å²) in [7, 11) is 3.90. The van der Waals surface area contributed by atoms with E-state index in [1.54, 1.807) is 6.92 Å². The van der Waals surface area contributed by atoms with Crippen molar-refractivity contribution in [3.8, 4) is 0 Å². The standard InChI is InChI=1S/C52H88N12O11/c1-13-14-15-16-17-18-21-35(58-44(70)38-22-19-27-64(38)45(71)37-31-75-34(4)56-37)42(68)54-30-41(67)59-49(5,6)47(73)55-29-40(66)57-36(28-33(2)3)43(69)61-51(9,10)48(74)62-50(7,8)46(72)53-26-23-39(65)60-52(24-20-25-52)32-63(11)12/h31,33,35-36,38H,13-30,32H2,1-12H3,(H,53,72)(H,54,68)(H,55,73)(H,57,66)(H,58,70)(H,59,67)(H,60,65)(H,61,69)(H,62,74)/t35-,36?,38?/m0/s1. The van der Waals surface area contributed by atoms with Crippen LogP contribution in [0.4, 0.5) is 0 Å². The molecular weight excluding hydrogens is 969 g/mol. The third kappa shape index (κ3) is 20.5. The van der Waals surface area contributed by atoms with Gasteiger partial charge in [-0.15, -0.1) is 0 Å². The maximum Gasteiger partial charge on any atom is 0.276 e. The first-order chi connectivity index (χ1) is 35.0. The van der Waals surface area contributed by atoms with E-state index in [0.29, 0.717) is 31.7 Å². The lowest BCUT2D eigenvalue weighted by atomic mass is 9.76. The summed E-state index contributed by atoms with van der Waals surface area (Å²) in [4.78, 5) is 141. The molecule has 3 rings (SSSR count). The number of hydrogen-bond acceptors (Lipinski definition) is 13. The van der Waals surface area contributed by atoms with Crippen molar-refractivity contribution in [2.75, 3.05) is 46.8 Å². The van der Waals surface area contributed by atoms with E-state index in [1.807, 2.05) is 32.8 Å². The SMILES string of the molecule is CCCCCCCC[C@H](NC(=O)C1CCCN1C(=O)c1coc(C)n1)C(=O)NCC(=O)NC(C)(C)C(=O)NCC(=O)NC(CC(C)C)C(=O)NC(C)(C)C(=O)NC(C)(C)C(=O)NCCC(=O)NC1(CN(C)C)CCC1. The zero-order valence-corrected chi connectivity index (χ0v) is 46.7. The first kappa shape index (κ1) is 63.2. The molecule has 1 aromatic rings. The van der Waals surface area contributed by atoms with Gasteiger partial charge in [-0.3, -0.25) is 47.9 Å². The highest BCUT2D eigenvalue weighted by molar-refractivity contribution is 6.00. The molecule has 0 bridgehead atoms. The smallest absolute Gasteiger partial charge is 0.276 e. The van der Waals surface area contributed by atoms with Crippen LogP contribution in [0, 0.1) is 12.8 Å². The van der Waals surface area contributed by atoms with E-state index >= 15 is 0 Å². The topological polar surface area (TPSA) is 311 Å². The highest BCUT2D eigenvalue weighted by Gasteiger charge is 2.41. The molecule has 2 unspecified atom stereocenters. The summed E-state index contributed by atoms with van der Waals surface area (Å²) in [6, 6.07) is -2.97. The van der Waals surface area contributed by atoms with Gasteiger partial charge >= 0.3 is 0 Å². The second-order valence-corrected chi connectivity index (χ2v) is 22.5. The van der Waals surface area contributed by atoms with Gasteiger partial charge in [0.25, 0.3) is 5.91 Å². The number of carbonyl (C=O) groups excluding carboxylic acids is 10. The predicted molar refractivity (Wildman–Crippen MR) is 280 cm³/mol. The van der Waals surface area contributed by atoms with Crippen LogP contribution in [0.15, 0.2) is 10.7 Å². The molecular formula is C52H88N12O11. The van der Waals surface area contributed by atoms with Crippen LogP contribution in [0.25, 0.3) is 0 Å². The van der Waals surface area contributed by atoms with Gasteiger partial charge in [-0.25, -0.2) is 4.98 Å². The molecule has 1 aliphatic carbocycles. The minimum Gasteiger partial charge on any atom is -0.448 e. The van der Waals surface area contributed by atoms with E-state index in [-0.39, 0.29) is 48.9 Å². The first-order valence-corrected chi connectivity index (χ1v) is 26.6. The highest BCUT2D eigenvalue weighted by atomic mass is 16.3. The Balaban J connectivity index is 1.51. The van der Waals surface area contributed by atoms with Gasteiger partial charge in [-0.1, -0.05) is 59.3 Å². The zero-order valence-electron chi connectivity index (χ0n) is 46.7. The van der Waals surface area contributed by atoms with Gasteiger partial charge in [0, 0.05) is 33.0 Å². The van der Waals surface area contributed by atoms with Crippen LogP contribution >= 0.6 is 0 Å². The van der Waals surface area contributed by atoms with Crippen LogP contribution in [0.2, 0.25) is 0 Å². The molecule has 75 heavy (non-hydrogen) atoms. The van der Waals surface area contributed by atoms with Crippen LogP contribution in [-0.2, 0) is 43.2 Å². The van der Waals surface area contributed by atoms with E-state index in [4.69, 9.17) is 4.42 Å². The molecule has 1 aromatic heterocycles. The molecule has 2 fully saturated rings. The van der Waals surface area contributed by atoms with E-state index < -0.39 is 101 Å². The molecule has 0 radical (unpaired) electrons. The summed E-state index contributed by atoms with van der Waals surface area (Å²) in [6.45, 7) is 16.1. The second kappa shape index (κ2) is 28.7. The van der Waals surface area contributed by atoms with Crippen LogP contribution in [0.1, 0.15) is 169 Å². The number of nitrogens with zero attached hydrogens (tertiary/aromatic N) is 3. The zero-order chi connectivity index (χ0) is 56.3. The quantitative estimate of drug-likeness (QED) is 0.0476. The van der Waals surface area contributed by atoms with E-state index in [1.165, 1.54) is 52.7 Å². The lowest BCUT2D eigenvalue weighted by molar-refractivity contribution is -0.138. The van der Waals surface area contributed by atoms with Crippen molar-refractivity contribution in [1.82, 2.24) is 62.6 Å². The van der Waals surface area contributed by atoms with Gasteiger partial charge in [0.15, 0.2) is 11.6 Å². The van der Waals surface area contributed by atoms with Crippen molar-refractivity contribution >= 4 is 59.1 Å². The molecule has 2 heterocycles. The fraction of sp³-hybridized carbons (Fsp3) is 0.750. The Labute approximate surface area is 442 Å². The Morgan fingerprint density at radius 2 is 1.35 bits per heavy atom. The number of unbranched alkanes of at least 4 members (excludes halogenated alkanes) is 5. The van der Waals surface area contributed by atoms with Crippen molar-refractivity contribution in [3.63, 3.8) is 0 Å². The molecule has 0 spiro atoms. The highest BCUT2D eigenvalue weighted by Crippen LogP contribution is 2.32. The van der Waals surface area contributed by atoms with Crippen LogP contribution < -0.4 is 47.9 Å². The molecule has 0 aromatic carbocycles. The van der Waals surface area contributed by atoms with Crippen molar-refractivity contribution in [2.45, 2.75) is 199 Å². The Kier molecular flexibility index (Phi) is 24.2. The molecule has 2 aliphatic rings. The Morgan fingerprint density at radius 3 is 1.95 bits per heavy atom. The Hall–Kier alpha value is -6.13. The molecule has 23 nitrogen and oxygen atoms in total. The predicted octanol–water partition coefficient (Wildman–Crippen LogP) is 1.38. The fourth-order valence-electron chi connectivity index (χ4n) is 8.98. The fourth-order valence-corrected chi connectivity index (χ4v) is 8.98. The number of likely N-dealkylation sites (tertiary alicyclic amines) is 1. The van der Waals surface area contributed by atoms with Crippen LogP contribution in [-0.4, -0.2) is 161 Å². The van der Waals surface area contributed by atoms with E-state index in [2.05, 4.69) is 59.8 Å². The summed E-state index contributed by atoms with van der Waals surface area (Å²) in [5.41, 5.74) is -4.75. The average Bonchev–Trinajstić information content (AvgIpc) is 3.98. The van der Waals surface area contributed by atoms with Gasteiger partial charge in [0.2, 0.25) is 53.2 Å². The maximum atomic E-state index is 13.7. The Bertz CT molecular complexity index is 2170. The van der Waals surface area contributed by atoms with Crippen molar-refractivity contribution in [3.05, 3.63) is 17.8 Å². The molecule has 422 valence electrons. The number of carbonyl (C=O) groups is 10. The van der Waals surface area contributed by atoms with Gasteiger partial charge in [-0.05, 0) is 107 Å². The van der Waals surface area contributed by atoms with E-state index in [0.717, 1.165) is 57.9 Å². The molecule has 10 amide bonds. The van der Waals surface area contributed by atoms with Crippen LogP contribution in [0.5, 0.6) is 0 Å². The number of aromatic nitrogens is 1. The number of nitrogens with one attached hydrogen (secondary N) is 9. The van der Waals surface area contributed by atoms with Gasteiger partial charge in [0.05, 0.1) is 18.6 Å². The molecule has 1 saturated heterocycles. The number of hydrogen-bond donors (Lipinski definition) is 9. The van der Waals surface area contributed by atoms with Crippen molar-refractivity contribution < 1.29 is 52.4 Å². The average molecular weight is 1060 g/mol. The van der Waals surface area contributed by atoms with E-state index in [9.17, 15) is 47.9 Å². The summed E-state index contributed by atoms with van der Waals surface area (Å²) in [5.74, 6) is -5.65. The minimum absolute atomic E-state index is 0.0499. The summed E-state index contributed by atoms with van der Waals surface area (Å²) in [6.07, 6.45) is 11.1. The summed E-state index contributed by atoms with van der Waals surface area (Å²) >= 11 is 0. The van der Waals surface area contributed by atoms with Crippen molar-refractivity contribution in [1.29, 1.82) is 0 Å². The number of likely N-dealkylation sites (N-methyl/N-ethyl adjacent to an activating group) is 1. The molecule has 23 heteroatoms. The summed E-state index contributed by atoms with van der Waals surface area (Å²) in [5, 5.41) is 24.2. The lowest BCUT2D eigenvalue weighted by Gasteiger charge is -2.44. The lowest BCUT2D eigenvalue weighted by Crippen LogP contribution is -2.64. The normalized spacial score (nSPS) is 16.2. The first-order valence-electron chi connectivity index (χ1n) is 26.6. The largest absolute Gasteiger partial charge is 0.448 e. The monoisotopic (exact) mass is 1060 g/mol. The minimum atomic E-state index is -1.58. The number of aryl methyl sites for hydroxylation is 1. The van der Waals surface area contributed by atoms with Gasteiger partial charge < -0.3 is 62.1 Å². The van der Waals surface area contributed by atoms with Gasteiger partial charge in [-0.2, -0.15) is 0 Å². The number of oxazole rings is 1.